The van der Waals surface area contributed by atoms with Crippen molar-refractivity contribution in [3.05, 3.63) is 49.6 Å². The van der Waals surface area contributed by atoms with Gasteiger partial charge in [0.25, 0.3) is 5.56 Å². The Labute approximate surface area is 169 Å². The average molecular weight is 420 g/mol. The first-order valence-corrected chi connectivity index (χ1v) is 10.8. The molecule has 1 amide bonds. The van der Waals surface area contributed by atoms with Crippen LogP contribution in [0.5, 0.6) is 0 Å². The highest BCUT2D eigenvalue weighted by molar-refractivity contribution is 7.99. The molecule has 0 saturated heterocycles. The van der Waals surface area contributed by atoms with E-state index in [1.807, 2.05) is 19.1 Å². The van der Waals surface area contributed by atoms with Crippen LogP contribution in [0, 0.1) is 6.92 Å². The number of thiophene rings is 1. The molecule has 0 fully saturated rings. The predicted octanol–water partition coefficient (Wildman–Crippen LogP) is 4.18. The summed E-state index contributed by atoms with van der Waals surface area (Å²) in [6, 6.07) is 5.41. The first kappa shape index (κ1) is 18.5. The third-order valence-electron chi connectivity index (χ3n) is 4.69. The van der Waals surface area contributed by atoms with E-state index in [9.17, 15) is 9.59 Å². The van der Waals surface area contributed by atoms with Crippen LogP contribution in [0.4, 0.5) is 5.69 Å². The van der Waals surface area contributed by atoms with Gasteiger partial charge in [-0.15, -0.1) is 11.3 Å². The van der Waals surface area contributed by atoms with Gasteiger partial charge in [0.2, 0.25) is 5.91 Å². The SMILES string of the molecule is Cc1ccc(NC(=O)CSc2nc3sc4c(c3c(=O)n2C)CCC4)cc1Cl. The van der Waals surface area contributed by atoms with Gasteiger partial charge in [-0.2, -0.15) is 0 Å². The zero-order valence-electron chi connectivity index (χ0n) is 15.0. The molecule has 27 heavy (non-hydrogen) atoms. The number of carbonyl (C=O) groups excluding carboxylic acids is 1. The van der Waals surface area contributed by atoms with Crippen LogP contribution < -0.4 is 10.9 Å². The lowest BCUT2D eigenvalue weighted by atomic mass is 10.2. The lowest BCUT2D eigenvalue weighted by Gasteiger charge is -2.09. The first-order chi connectivity index (χ1) is 12.9. The van der Waals surface area contributed by atoms with Crippen molar-refractivity contribution in [3.63, 3.8) is 0 Å². The van der Waals surface area contributed by atoms with Gasteiger partial charge < -0.3 is 5.32 Å². The van der Waals surface area contributed by atoms with E-state index >= 15 is 0 Å². The van der Waals surface area contributed by atoms with Crippen molar-refractivity contribution in [2.24, 2.45) is 7.05 Å². The summed E-state index contributed by atoms with van der Waals surface area (Å²) in [7, 11) is 1.72. The predicted molar refractivity (Wildman–Crippen MR) is 112 cm³/mol. The van der Waals surface area contributed by atoms with Gasteiger partial charge >= 0.3 is 0 Å². The lowest BCUT2D eigenvalue weighted by molar-refractivity contribution is -0.113. The van der Waals surface area contributed by atoms with Crippen LogP contribution in [-0.2, 0) is 24.7 Å². The van der Waals surface area contributed by atoms with E-state index in [-0.39, 0.29) is 17.2 Å². The fourth-order valence-electron chi connectivity index (χ4n) is 3.23. The standard InChI is InChI=1S/C19H18ClN3O2S2/c1-10-6-7-11(8-13(10)20)21-15(24)9-26-19-22-17-16(18(25)23(19)2)12-4-3-5-14(12)27-17/h6-8H,3-5,9H2,1-2H3,(H,21,24). The first-order valence-electron chi connectivity index (χ1n) is 8.64. The van der Waals surface area contributed by atoms with Gasteiger partial charge in [0.15, 0.2) is 5.16 Å². The number of aryl methyl sites for hydroxylation is 3. The van der Waals surface area contributed by atoms with Crippen LogP contribution in [0.2, 0.25) is 5.02 Å². The van der Waals surface area contributed by atoms with Crippen LogP contribution in [0.25, 0.3) is 10.2 Å². The van der Waals surface area contributed by atoms with E-state index in [0.29, 0.717) is 15.9 Å². The summed E-state index contributed by atoms with van der Waals surface area (Å²) in [5, 5.41) is 4.76. The highest BCUT2D eigenvalue weighted by Gasteiger charge is 2.22. The molecule has 0 bridgehead atoms. The molecule has 0 saturated carbocycles. The number of amides is 1. The van der Waals surface area contributed by atoms with Crippen molar-refractivity contribution in [1.82, 2.24) is 9.55 Å². The topological polar surface area (TPSA) is 64.0 Å². The Kier molecular flexibility index (Phi) is 5.01. The number of hydrogen-bond donors (Lipinski definition) is 1. The smallest absolute Gasteiger partial charge is 0.262 e. The Hall–Kier alpha value is -1.83. The van der Waals surface area contributed by atoms with Gasteiger partial charge in [-0.25, -0.2) is 4.98 Å². The number of aromatic nitrogens is 2. The van der Waals surface area contributed by atoms with E-state index in [0.717, 1.165) is 35.0 Å². The quantitative estimate of drug-likeness (QED) is 0.509. The fourth-order valence-corrected chi connectivity index (χ4v) is 5.49. The van der Waals surface area contributed by atoms with Crippen molar-refractivity contribution in [2.75, 3.05) is 11.1 Å². The Morgan fingerprint density at radius 3 is 3.00 bits per heavy atom. The number of nitrogens with zero attached hydrogens (tertiary/aromatic N) is 2. The molecule has 3 aromatic rings. The molecule has 1 aliphatic rings. The van der Waals surface area contributed by atoms with Crippen molar-refractivity contribution < 1.29 is 4.79 Å². The molecule has 5 nitrogen and oxygen atoms in total. The summed E-state index contributed by atoms with van der Waals surface area (Å²) in [4.78, 5) is 31.8. The van der Waals surface area contributed by atoms with E-state index < -0.39 is 0 Å². The third-order valence-corrected chi connectivity index (χ3v) is 7.32. The molecular formula is C19H18ClN3O2S2. The maximum absolute atomic E-state index is 12.8. The van der Waals surface area contributed by atoms with E-state index in [2.05, 4.69) is 10.3 Å². The van der Waals surface area contributed by atoms with E-state index in [1.165, 1.54) is 22.2 Å². The summed E-state index contributed by atoms with van der Waals surface area (Å²) in [6.07, 6.45) is 3.10. The molecular weight excluding hydrogens is 402 g/mol. The zero-order chi connectivity index (χ0) is 19.1. The minimum absolute atomic E-state index is 0.0207. The number of thioether (sulfide) groups is 1. The van der Waals surface area contributed by atoms with Gasteiger partial charge in [-0.05, 0) is 49.4 Å². The molecule has 1 aromatic carbocycles. The van der Waals surface area contributed by atoms with Crippen molar-refractivity contribution >= 4 is 56.5 Å². The Bertz CT molecular complexity index is 1120. The Morgan fingerprint density at radius 2 is 2.22 bits per heavy atom. The van der Waals surface area contributed by atoms with Gasteiger partial charge in [-0.1, -0.05) is 29.4 Å². The third kappa shape index (κ3) is 3.51. The van der Waals surface area contributed by atoms with Crippen molar-refractivity contribution in [3.8, 4) is 0 Å². The summed E-state index contributed by atoms with van der Waals surface area (Å²) >= 11 is 8.97. The summed E-state index contributed by atoms with van der Waals surface area (Å²) in [5.74, 6) is 0.00507. The van der Waals surface area contributed by atoms with Crippen LogP contribution in [-0.4, -0.2) is 21.2 Å². The molecule has 4 rings (SSSR count). The van der Waals surface area contributed by atoms with Crippen LogP contribution in [0.1, 0.15) is 22.4 Å². The molecule has 1 aliphatic carbocycles. The minimum atomic E-state index is -0.164. The molecule has 0 radical (unpaired) electrons. The molecule has 8 heteroatoms. The second kappa shape index (κ2) is 7.30. The maximum atomic E-state index is 12.8. The number of benzene rings is 1. The second-order valence-electron chi connectivity index (χ2n) is 6.60. The zero-order valence-corrected chi connectivity index (χ0v) is 17.4. The Balaban J connectivity index is 1.52. The normalized spacial score (nSPS) is 13.1. The molecule has 1 N–H and O–H groups in total. The van der Waals surface area contributed by atoms with Crippen LogP contribution >= 0.6 is 34.7 Å². The van der Waals surface area contributed by atoms with E-state index in [4.69, 9.17) is 11.6 Å². The minimum Gasteiger partial charge on any atom is -0.325 e. The summed E-state index contributed by atoms with van der Waals surface area (Å²) < 4.78 is 1.55. The van der Waals surface area contributed by atoms with Gasteiger partial charge in [-0.3, -0.25) is 14.2 Å². The summed E-state index contributed by atoms with van der Waals surface area (Å²) in [5.41, 5.74) is 2.77. The average Bonchev–Trinajstić information content (AvgIpc) is 3.20. The lowest BCUT2D eigenvalue weighted by Crippen LogP contribution is -2.21. The van der Waals surface area contributed by atoms with Crippen LogP contribution in [0.15, 0.2) is 28.2 Å². The number of fused-ring (bicyclic) bond motifs is 3. The molecule has 140 valence electrons. The highest BCUT2D eigenvalue weighted by atomic mass is 35.5. The molecule has 0 unspecified atom stereocenters. The molecule has 2 aromatic heterocycles. The maximum Gasteiger partial charge on any atom is 0.262 e. The molecule has 2 heterocycles. The molecule has 0 aliphatic heterocycles. The number of nitrogens with one attached hydrogen (secondary N) is 1. The largest absolute Gasteiger partial charge is 0.325 e. The monoisotopic (exact) mass is 419 g/mol. The van der Waals surface area contributed by atoms with Crippen molar-refractivity contribution in [1.29, 1.82) is 0 Å². The number of anilines is 1. The van der Waals surface area contributed by atoms with E-state index in [1.54, 1.807) is 29.0 Å². The van der Waals surface area contributed by atoms with Gasteiger partial charge in [0, 0.05) is 22.6 Å². The second-order valence-corrected chi connectivity index (χ2v) is 9.03. The number of carbonyl (C=O) groups is 1. The fraction of sp³-hybridized carbons (Fsp3) is 0.316. The highest BCUT2D eigenvalue weighted by Crippen LogP contribution is 2.35. The van der Waals surface area contributed by atoms with Crippen molar-refractivity contribution in [2.45, 2.75) is 31.3 Å². The number of rotatable bonds is 4. The Morgan fingerprint density at radius 1 is 1.41 bits per heavy atom. The molecule has 0 spiro atoms. The van der Waals surface area contributed by atoms with Crippen LogP contribution in [0.3, 0.4) is 0 Å². The number of halogens is 1. The van der Waals surface area contributed by atoms with Gasteiger partial charge in [0.05, 0.1) is 11.1 Å². The summed E-state index contributed by atoms with van der Waals surface area (Å²) in [6.45, 7) is 1.91. The number of hydrogen-bond acceptors (Lipinski definition) is 5. The molecule has 0 atom stereocenters. The van der Waals surface area contributed by atoms with Gasteiger partial charge in [0.1, 0.15) is 4.83 Å².